The van der Waals surface area contributed by atoms with Gasteiger partial charge in [0.05, 0.1) is 6.54 Å². The van der Waals surface area contributed by atoms with Crippen LogP contribution in [0.25, 0.3) is 6.08 Å². The van der Waals surface area contributed by atoms with Crippen LogP contribution in [0.5, 0.6) is 0 Å². The SMILES string of the molecule is O=C(C=Cc1ccccc1Cl)N(Cc1ccccc1)c1ccccn1. The molecule has 1 heterocycles. The maximum absolute atomic E-state index is 12.8. The molecule has 4 heteroatoms. The molecule has 3 rings (SSSR count). The monoisotopic (exact) mass is 348 g/mol. The van der Waals surface area contributed by atoms with Gasteiger partial charge in [-0.15, -0.1) is 0 Å². The van der Waals surface area contributed by atoms with Gasteiger partial charge >= 0.3 is 0 Å². The Morgan fingerprint density at radius 2 is 1.68 bits per heavy atom. The van der Waals surface area contributed by atoms with Gasteiger partial charge in [0.15, 0.2) is 0 Å². The third kappa shape index (κ3) is 4.55. The second kappa shape index (κ2) is 8.27. The van der Waals surface area contributed by atoms with Gasteiger partial charge in [-0.05, 0) is 35.4 Å². The molecule has 0 radical (unpaired) electrons. The van der Waals surface area contributed by atoms with Crippen molar-refractivity contribution in [2.24, 2.45) is 0 Å². The number of hydrogen-bond acceptors (Lipinski definition) is 2. The maximum atomic E-state index is 12.8. The van der Waals surface area contributed by atoms with Gasteiger partial charge < -0.3 is 0 Å². The zero-order chi connectivity index (χ0) is 17.5. The number of carbonyl (C=O) groups is 1. The third-order valence-corrected chi connectivity index (χ3v) is 4.03. The second-order valence-electron chi connectivity index (χ2n) is 5.45. The van der Waals surface area contributed by atoms with Crippen molar-refractivity contribution in [3.63, 3.8) is 0 Å². The normalized spacial score (nSPS) is 10.8. The first-order chi connectivity index (χ1) is 12.2. The lowest BCUT2D eigenvalue weighted by atomic mass is 10.2. The summed E-state index contributed by atoms with van der Waals surface area (Å²) in [6.07, 6.45) is 4.93. The average molecular weight is 349 g/mol. The number of anilines is 1. The van der Waals surface area contributed by atoms with Crippen LogP contribution in [0.4, 0.5) is 5.82 Å². The second-order valence-corrected chi connectivity index (χ2v) is 5.86. The molecule has 2 aromatic carbocycles. The fourth-order valence-corrected chi connectivity index (χ4v) is 2.61. The molecule has 0 saturated carbocycles. The lowest BCUT2D eigenvalue weighted by Gasteiger charge is -2.20. The molecule has 0 unspecified atom stereocenters. The van der Waals surface area contributed by atoms with Gasteiger partial charge in [0.2, 0.25) is 0 Å². The van der Waals surface area contributed by atoms with Gasteiger partial charge in [-0.3, -0.25) is 9.69 Å². The van der Waals surface area contributed by atoms with Crippen molar-refractivity contribution in [3.05, 3.63) is 101 Å². The quantitative estimate of drug-likeness (QED) is 0.609. The first kappa shape index (κ1) is 16.9. The highest BCUT2D eigenvalue weighted by Gasteiger charge is 2.14. The fraction of sp³-hybridized carbons (Fsp3) is 0.0476. The predicted octanol–water partition coefficient (Wildman–Crippen LogP) is 4.98. The number of benzene rings is 2. The van der Waals surface area contributed by atoms with Crippen LogP contribution in [0.3, 0.4) is 0 Å². The van der Waals surface area contributed by atoms with Gasteiger partial charge in [-0.1, -0.05) is 66.2 Å². The Morgan fingerprint density at radius 3 is 2.40 bits per heavy atom. The minimum atomic E-state index is -0.150. The van der Waals surface area contributed by atoms with E-state index in [4.69, 9.17) is 11.6 Å². The summed E-state index contributed by atoms with van der Waals surface area (Å²) in [7, 11) is 0. The van der Waals surface area contributed by atoms with Crippen molar-refractivity contribution in [2.75, 3.05) is 4.90 Å². The van der Waals surface area contributed by atoms with Crippen molar-refractivity contribution >= 4 is 29.4 Å². The van der Waals surface area contributed by atoms with E-state index in [-0.39, 0.29) is 5.91 Å². The molecule has 1 amide bonds. The number of halogens is 1. The van der Waals surface area contributed by atoms with Gasteiger partial charge in [0, 0.05) is 17.3 Å². The Balaban J connectivity index is 1.86. The van der Waals surface area contributed by atoms with E-state index in [9.17, 15) is 4.79 Å². The Kier molecular flexibility index (Phi) is 5.60. The number of aromatic nitrogens is 1. The number of rotatable bonds is 5. The van der Waals surface area contributed by atoms with Crippen molar-refractivity contribution in [1.29, 1.82) is 0 Å². The summed E-state index contributed by atoms with van der Waals surface area (Å²) >= 11 is 6.15. The number of carbonyl (C=O) groups excluding carboxylic acids is 1. The molecule has 124 valence electrons. The minimum Gasteiger partial charge on any atom is -0.289 e. The average Bonchev–Trinajstić information content (AvgIpc) is 2.67. The van der Waals surface area contributed by atoms with E-state index in [0.717, 1.165) is 11.1 Å². The first-order valence-electron chi connectivity index (χ1n) is 7.93. The van der Waals surface area contributed by atoms with Gasteiger partial charge in [-0.2, -0.15) is 0 Å². The molecule has 3 nitrogen and oxygen atoms in total. The third-order valence-electron chi connectivity index (χ3n) is 3.69. The Bertz CT molecular complexity index is 863. The number of nitrogens with zero attached hydrogens (tertiary/aromatic N) is 2. The molecule has 0 aliphatic carbocycles. The van der Waals surface area contributed by atoms with Crippen molar-refractivity contribution < 1.29 is 4.79 Å². The van der Waals surface area contributed by atoms with Gasteiger partial charge in [0.1, 0.15) is 5.82 Å². The van der Waals surface area contributed by atoms with Crippen LogP contribution < -0.4 is 4.90 Å². The van der Waals surface area contributed by atoms with E-state index < -0.39 is 0 Å². The van der Waals surface area contributed by atoms with Gasteiger partial charge in [0.25, 0.3) is 5.91 Å². The summed E-state index contributed by atoms with van der Waals surface area (Å²) in [6.45, 7) is 0.448. The van der Waals surface area contributed by atoms with E-state index in [0.29, 0.717) is 17.4 Å². The Morgan fingerprint density at radius 1 is 0.960 bits per heavy atom. The van der Waals surface area contributed by atoms with Crippen LogP contribution in [0, 0.1) is 0 Å². The van der Waals surface area contributed by atoms with Gasteiger partial charge in [-0.25, -0.2) is 4.98 Å². The van der Waals surface area contributed by atoms with Crippen LogP contribution in [0.15, 0.2) is 85.1 Å². The summed E-state index contributed by atoms with van der Waals surface area (Å²) in [5.74, 6) is 0.461. The van der Waals surface area contributed by atoms with E-state index in [2.05, 4.69) is 4.98 Å². The molecular formula is C21H17ClN2O. The number of pyridine rings is 1. The highest BCUT2D eigenvalue weighted by molar-refractivity contribution is 6.32. The van der Waals surface area contributed by atoms with E-state index in [1.165, 1.54) is 6.08 Å². The predicted molar refractivity (Wildman–Crippen MR) is 102 cm³/mol. The summed E-state index contributed by atoms with van der Waals surface area (Å²) in [6, 6.07) is 22.8. The Labute approximate surface area is 152 Å². The fourth-order valence-electron chi connectivity index (χ4n) is 2.41. The Hall–Kier alpha value is -2.91. The zero-order valence-corrected chi connectivity index (χ0v) is 14.3. The topological polar surface area (TPSA) is 33.2 Å². The molecule has 0 aliphatic heterocycles. The molecule has 0 fully saturated rings. The summed E-state index contributed by atoms with van der Waals surface area (Å²) in [5.41, 5.74) is 1.84. The van der Waals surface area contributed by atoms with Crippen LogP contribution in [0.2, 0.25) is 5.02 Å². The van der Waals surface area contributed by atoms with Crippen LogP contribution >= 0.6 is 11.6 Å². The minimum absolute atomic E-state index is 0.150. The highest BCUT2D eigenvalue weighted by Crippen LogP contribution is 2.18. The molecule has 0 spiro atoms. The standard InChI is InChI=1S/C21H17ClN2O/c22-19-11-5-4-10-18(19)13-14-21(25)24(20-12-6-7-15-23-20)16-17-8-2-1-3-9-17/h1-15H,16H2. The van der Waals surface area contributed by atoms with Crippen molar-refractivity contribution in [1.82, 2.24) is 4.98 Å². The molecular weight excluding hydrogens is 332 g/mol. The molecule has 0 N–H and O–H groups in total. The summed E-state index contributed by atoms with van der Waals surface area (Å²) in [5, 5.41) is 0.610. The number of amides is 1. The van der Waals surface area contributed by atoms with Crippen LogP contribution in [-0.4, -0.2) is 10.9 Å². The maximum Gasteiger partial charge on any atom is 0.252 e. The molecule has 0 bridgehead atoms. The van der Waals surface area contributed by atoms with Crippen LogP contribution in [-0.2, 0) is 11.3 Å². The van der Waals surface area contributed by atoms with Crippen molar-refractivity contribution in [3.8, 4) is 0 Å². The highest BCUT2D eigenvalue weighted by atomic mass is 35.5. The van der Waals surface area contributed by atoms with Crippen molar-refractivity contribution in [2.45, 2.75) is 6.54 Å². The van der Waals surface area contributed by atoms with E-state index >= 15 is 0 Å². The smallest absolute Gasteiger partial charge is 0.252 e. The number of hydrogen-bond donors (Lipinski definition) is 0. The van der Waals surface area contributed by atoms with Crippen LogP contribution in [0.1, 0.15) is 11.1 Å². The summed E-state index contributed by atoms with van der Waals surface area (Å²) in [4.78, 5) is 18.7. The molecule has 3 aromatic rings. The lowest BCUT2D eigenvalue weighted by Crippen LogP contribution is -2.29. The summed E-state index contributed by atoms with van der Waals surface area (Å²) < 4.78 is 0. The molecule has 0 atom stereocenters. The largest absolute Gasteiger partial charge is 0.289 e. The molecule has 1 aromatic heterocycles. The lowest BCUT2D eigenvalue weighted by molar-refractivity contribution is -0.114. The molecule has 0 aliphatic rings. The first-order valence-corrected chi connectivity index (χ1v) is 8.31. The molecule has 25 heavy (non-hydrogen) atoms. The zero-order valence-electron chi connectivity index (χ0n) is 13.5. The van der Waals surface area contributed by atoms with E-state index in [1.807, 2.05) is 66.7 Å². The molecule has 0 saturated heterocycles. The van der Waals surface area contributed by atoms with E-state index in [1.54, 1.807) is 23.2 Å².